The van der Waals surface area contributed by atoms with E-state index >= 15 is 0 Å². The Labute approximate surface area is 287 Å². The highest BCUT2D eigenvalue weighted by Gasteiger charge is 2.18. The standard InChI is InChI=1S/C45H27N3O2/c1-3-12-28(13-4-1)43-46-44(29-14-5-2-6-15-29)48-45(47-43)32-17-11-16-30(24-32)33-25-37(42-36-19-8-10-21-39(36)50-41(42)27-33)31-22-23-35-34-18-7-9-20-38(34)49-40(35)26-31/h1-27H. The molecule has 0 N–H and O–H groups in total. The van der Waals surface area contributed by atoms with Crippen LogP contribution in [0.25, 0.3) is 100 Å². The minimum absolute atomic E-state index is 0.611. The van der Waals surface area contributed by atoms with Crippen molar-refractivity contribution in [3.05, 3.63) is 164 Å². The molecule has 0 saturated heterocycles. The topological polar surface area (TPSA) is 65.0 Å². The van der Waals surface area contributed by atoms with Crippen molar-refractivity contribution in [2.75, 3.05) is 0 Å². The average Bonchev–Trinajstić information content (AvgIpc) is 3.76. The van der Waals surface area contributed by atoms with E-state index in [4.69, 9.17) is 23.8 Å². The van der Waals surface area contributed by atoms with Crippen molar-refractivity contribution in [2.24, 2.45) is 0 Å². The van der Waals surface area contributed by atoms with E-state index in [-0.39, 0.29) is 0 Å². The van der Waals surface area contributed by atoms with Crippen molar-refractivity contribution in [2.45, 2.75) is 0 Å². The molecule has 5 heteroatoms. The summed E-state index contributed by atoms with van der Waals surface area (Å²) in [5.74, 6) is 1.87. The molecule has 0 saturated carbocycles. The maximum atomic E-state index is 6.50. The molecule has 0 radical (unpaired) electrons. The summed E-state index contributed by atoms with van der Waals surface area (Å²) in [6.45, 7) is 0. The summed E-state index contributed by atoms with van der Waals surface area (Å²) in [6, 6.07) is 55.7. The van der Waals surface area contributed by atoms with Crippen LogP contribution >= 0.6 is 0 Å². The average molecular weight is 642 g/mol. The van der Waals surface area contributed by atoms with Crippen molar-refractivity contribution in [1.82, 2.24) is 15.0 Å². The van der Waals surface area contributed by atoms with Crippen LogP contribution in [-0.4, -0.2) is 15.0 Å². The highest BCUT2D eigenvalue weighted by Crippen LogP contribution is 2.42. The van der Waals surface area contributed by atoms with Crippen molar-refractivity contribution in [3.8, 4) is 56.4 Å². The van der Waals surface area contributed by atoms with Gasteiger partial charge in [0.2, 0.25) is 0 Å². The fourth-order valence-electron chi connectivity index (χ4n) is 6.92. The highest BCUT2D eigenvalue weighted by molar-refractivity contribution is 6.15. The summed E-state index contributed by atoms with van der Waals surface area (Å²) in [7, 11) is 0. The molecule has 3 heterocycles. The molecule has 0 aliphatic carbocycles. The van der Waals surface area contributed by atoms with Gasteiger partial charge >= 0.3 is 0 Å². The first-order chi connectivity index (χ1) is 24.7. The van der Waals surface area contributed by atoms with E-state index in [1.54, 1.807) is 0 Å². The lowest BCUT2D eigenvalue weighted by atomic mass is 9.93. The van der Waals surface area contributed by atoms with E-state index < -0.39 is 0 Å². The van der Waals surface area contributed by atoms with Gasteiger partial charge in [-0.1, -0.05) is 121 Å². The lowest BCUT2D eigenvalue weighted by Crippen LogP contribution is -2.00. The molecular weight excluding hydrogens is 615 g/mol. The van der Waals surface area contributed by atoms with Gasteiger partial charge in [-0.3, -0.25) is 0 Å². The van der Waals surface area contributed by atoms with E-state index in [0.717, 1.165) is 82.8 Å². The zero-order valence-corrected chi connectivity index (χ0v) is 26.7. The van der Waals surface area contributed by atoms with Crippen LogP contribution in [0.2, 0.25) is 0 Å². The fourth-order valence-corrected chi connectivity index (χ4v) is 6.92. The number of furan rings is 2. The van der Waals surface area contributed by atoms with Gasteiger partial charge in [0, 0.05) is 38.2 Å². The van der Waals surface area contributed by atoms with Gasteiger partial charge in [-0.05, 0) is 64.7 Å². The van der Waals surface area contributed by atoms with Crippen molar-refractivity contribution in [1.29, 1.82) is 0 Å². The van der Waals surface area contributed by atoms with Crippen LogP contribution in [-0.2, 0) is 0 Å². The predicted octanol–water partition coefficient (Wildman–Crippen LogP) is 12.0. The van der Waals surface area contributed by atoms with Gasteiger partial charge in [-0.15, -0.1) is 0 Å². The van der Waals surface area contributed by atoms with Crippen molar-refractivity contribution in [3.63, 3.8) is 0 Å². The Morgan fingerprint density at radius 1 is 0.300 bits per heavy atom. The van der Waals surface area contributed by atoms with Gasteiger partial charge < -0.3 is 8.83 Å². The maximum absolute atomic E-state index is 6.50. The minimum atomic E-state index is 0.611. The van der Waals surface area contributed by atoms with Crippen molar-refractivity contribution < 1.29 is 8.83 Å². The van der Waals surface area contributed by atoms with E-state index in [2.05, 4.69) is 72.8 Å². The largest absolute Gasteiger partial charge is 0.456 e. The predicted molar refractivity (Wildman–Crippen MR) is 202 cm³/mol. The van der Waals surface area contributed by atoms with Gasteiger partial charge in [-0.2, -0.15) is 0 Å². The number of benzene rings is 7. The first-order valence-corrected chi connectivity index (χ1v) is 16.6. The van der Waals surface area contributed by atoms with Crippen LogP contribution in [0.4, 0.5) is 0 Å². The second-order valence-electron chi connectivity index (χ2n) is 12.4. The first kappa shape index (κ1) is 28.2. The summed E-state index contributed by atoms with van der Waals surface area (Å²) >= 11 is 0. The van der Waals surface area contributed by atoms with Gasteiger partial charge in [0.15, 0.2) is 17.5 Å². The molecule has 10 rings (SSSR count). The van der Waals surface area contributed by atoms with Gasteiger partial charge in [0.25, 0.3) is 0 Å². The Balaban J connectivity index is 1.15. The third-order valence-electron chi connectivity index (χ3n) is 9.32. The Bertz CT molecular complexity index is 2810. The normalized spacial score (nSPS) is 11.6. The number of hydrogen-bond acceptors (Lipinski definition) is 5. The second-order valence-corrected chi connectivity index (χ2v) is 12.4. The highest BCUT2D eigenvalue weighted by atomic mass is 16.3. The number of rotatable bonds is 5. The maximum Gasteiger partial charge on any atom is 0.164 e. The summed E-state index contributed by atoms with van der Waals surface area (Å²) in [5, 5.41) is 4.37. The molecule has 0 aliphatic rings. The van der Waals surface area contributed by atoms with E-state index in [0.29, 0.717) is 17.5 Å². The van der Waals surface area contributed by atoms with Gasteiger partial charge in [-0.25, -0.2) is 15.0 Å². The molecule has 3 aromatic heterocycles. The zero-order valence-electron chi connectivity index (χ0n) is 26.7. The number of nitrogens with zero attached hydrogens (tertiary/aromatic N) is 3. The third kappa shape index (κ3) is 4.75. The smallest absolute Gasteiger partial charge is 0.164 e. The van der Waals surface area contributed by atoms with Crippen molar-refractivity contribution >= 4 is 43.9 Å². The van der Waals surface area contributed by atoms with E-state index in [1.807, 2.05) is 91.0 Å². The monoisotopic (exact) mass is 641 g/mol. The Hall–Kier alpha value is -6.85. The molecule has 0 fully saturated rings. The van der Waals surface area contributed by atoms with E-state index in [1.165, 1.54) is 0 Å². The molecule has 0 atom stereocenters. The Kier molecular flexibility index (Phi) is 6.42. The number of hydrogen-bond donors (Lipinski definition) is 0. The fraction of sp³-hybridized carbons (Fsp3) is 0. The summed E-state index contributed by atoms with van der Waals surface area (Å²) in [5.41, 5.74) is 10.4. The van der Waals surface area contributed by atoms with Crippen LogP contribution in [0.1, 0.15) is 0 Å². The van der Waals surface area contributed by atoms with Gasteiger partial charge in [0.1, 0.15) is 22.3 Å². The minimum Gasteiger partial charge on any atom is -0.456 e. The quantitative estimate of drug-likeness (QED) is 0.187. The van der Waals surface area contributed by atoms with Crippen LogP contribution in [0, 0.1) is 0 Å². The van der Waals surface area contributed by atoms with Crippen LogP contribution in [0.5, 0.6) is 0 Å². The van der Waals surface area contributed by atoms with E-state index in [9.17, 15) is 0 Å². The molecule has 7 aromatic carbocycles. The molecule has 10 aromatic rings. The van der Waals surface area contributed by atoms with Crippen LogP contribution in [0.3, 0.4) is 0 Å². The molecule has 50 heavy (non-hydrogen) atoms. The lowest BCUT2D eigenvalue weighted by Gasteiger charge is -2.11. The summed E-state index contributed by atoms with van der Waals surface area (Å²) < 4.78 is 12.8. The van der Waals surface area contributed by atoms with Crippen LogP contribution < -0.4 is 0 Å². The molecule has 0 unspecified atom stereocenters. The summed E-state index contributed by atoms with van der Waals surface area (Å²) in [4.78, 5) is 14.8. The molecule has 0 bridgehead atoms. The van der Waals surface area contributed by atoms with Crippen LogP contribution in [0.15, 0.2) is 173 Å². The molecular formula is C45H27N3O2. The lowest BCUT2D eigenvalue weighted by molar-refractivity contribution is 0.668. The first-order valence-electron chi connectivity index (χ1n) is 16.6. The molecule has 234 valence electrons. The second kappa shape index (κ2) is 11.4. The zero-order chi connectivity index (χ0) is 33.0. The molecule has 0 spiro atoms. The molecule has 5 nitrogen and oxygen atoms in total. The Morgan fingerprint density at radius 3 is 1.54 bits per heavy atom. The third-order valence-corrected chi connectivity index (χ3v) is 9.32. The summed E-state index contributed by atoms with van der Waals surface area (Å²) in [6.07, 6.45) is 0. The molecule has 0 amide bonds. The SMILES string of the molecule is c1ccc(-c2nc(-c3ccccc3)nc(-c3cccc(-c4cc(-c5ccc6c(c5)oc5ccccc56)c5c(c4)oc4ccccc45)c3)n2)cc1. The Morgan fingerprint density at radius 2 is 0.820 bits per heavy atom. The number of aromatic nitrogens is 3. The molecule has 0 aliphatic heterocycles. The number of fused-ring (bicyclic) bond motifs is 6. The van der Waals surface area contributed by atoms with Gasteiger partial charge in [0.05, 0.1) is 0 Å². The number of para-hydroxylation sites is 2.